The maximum absolute atomic E-state index is 11.8. The molecule has 0 atom stereocenters. The van der Waals surface area contributed by atoms with Crippen molar-refractivity contribution in [1.29, 1.82) is 0 Å². The Bertz CT molecular complexity index is 578. The zero-order valence-electron chi connectivity index (χ0n) is 11.3. The van der Waals surface area contributed by atoms with Gasteiger partial charge in [-0.25, -0.2) is 0 Å². The largest absolute Gasteiger partial charge is 0.320 e. The number of amides is 1. The van der Waals surface area contributed by atoms with Crippen LogP contribution in [0, 0.1) is 0 Å². The van der Waals surface area contributed by atoms with E-state index in [1.165, 1.54) is 23.1 Å². The van der Waals surface area contributed by atoms with Gasteiger partial charge in [-0.15, -0.1) is 22.0 Å². The van der Waals surface area contributed by atoms with E-state index in [4.69, 9.17) is 5.73 Å². The molecule has 0 bridgehead atoms. The highest BCUT2D eigenvalue weighted by atomic mass is 32.2. The van der Waals surface area contributed by atoms with Gasteiger partial charge in [-0.1, -0.05) is 29.5 Å². The van der Waals surface area contributed by atoms with E-state index in [1.54, 1.807) is 0 Å². The van der Waals surface area contributed by atoms with Gasteiger partial charge in [0.2, 0.25) is 11.0 Å². The minimum absolute atomic E-state index is 0.101. The Morgan fingerprint density at radius 1 is 1.35 bits per heavy atom. The number of carbonyl (C=O) groups is 1. The molecule has 2 aromatic rings. The lowest BCUT2D eigenvalue weighted by Gasteiger charge is -2.12. The van der Waals surface area contributed by atoms with Gasteiger partial charge in [-0.05, 0) is 26.0 Å². The standard InChI is InChI=1S/C13H16N4OS2/c1-13(2,14)11-16-17-12(20-11)15-10(18)8-19-9-6-4-3-5-7-9/h3-7H,8,14H2,1-2H3,(H,15,17,18). The van der Waals surface area contributed by atoms with Crippen LogP contribution in [0.25, 0.3) is 0 Å². The molecule has 1 amide bonds. The van der Waals surface area contributed by atoms with Crippen molar-refractivity contribution in [1.82, 2.24) is 10.2 Å². The molecule has 0 radical (unpaired) electrons. The van der Waals surface area contributed by atoms with Crippen LogP contribution in [0.15, 0.2) is 35.2 Å². The van der Waals surface area contributed by atoms with Crippen molar-refractivity contribution in [3.8, 4) is 0 Å². The smallest absolute Gasteiger partial charge is 0.236 e. The van der Waals surface area contributed by atoms with Gasteiger partial charge in [-0.3, -0.25) is 10.1 Å². The summed E-state index contributed by atoms with van der Waals surface area (Å²) in [6, 6.07) is 9.78. The van der Waals surface area contributed by atoms with E-state index >= 15 is 0 Å². The van der Waals surface area contributed by atoms with Crippen LogP contribution < -0.4 is 11.1 Å². The summed E-state index contributed by atoms with van der Waals surface area (Å²) >= 11 is 2.78. The Morgan fingerprint density at radius 3 is 2.65 bits per heavy atom. The zero-order valence-corrected chi connectivity index (χ0v) is 12.9. The third-order valence-electron chi connectivity index (χ3n) is 2.34. The summed E-state index contributed by atoms with van der Waals surface area (Å²) in [6.45, 7) is 3.70. The molecule has 0 spiro atoms. The summed E-state index contributed by atoms with van der Waals surface area (Å²) in [5, 5.41) is 11.8. The number of nitrogens with two attached hydrogens (primary N) is 1. The molecule has 0 aliphatic rings. The Morgan fingerprint density at radius 2 is 2.05 bits per heavy atom. The first-order valence-corrected chi connectivity index (χ1v) is 7.86. The molecule has 0 unspecified atom stereocenters. The number of rotatable bonds is 5. The minimum Gasteiger partial charge on any atom is -0.320 e. The van der Waals surface area contributed by atoms with Crippen LogP contribution >= 0.6 is 23.1 Å². The molecule has 1 heterocycles. The topological polar surface area (TPSA) is 80.9 Å². The first-order valence-electron chi connectivity index (χ1n) is 6.06. The SMILES string of the molecule is CC(C)(N)c1nnc(NC(=O)CSc2ccccc2)s1. The zero-order chi connectivity index (χ0) is 14.6. The fourth-order valence-electron chi connectivity index (χ4n) is 1.36. The lowest BCUT2D eigenvalue weighted by molar-refractivity contribution is -0.113. The fraction of sp³-hybridized carbons (Fsp3) is 0.308. The molecule has 1 aromatic heterocycles. The van der Waals surface area contributed by atoms with Crippen LogP contribution in [0.5, 0.6) is 0 Å². The lowest BCUT2D eigenvalue weighted by atomic mass is 10.1. The number of nitrogens with zero attached hydrogens (tertiary/aromatic N) is 2. The summed E-state index contributed by atoms with van der Waals surface area (Å²) in [5.74, 6) is 0.238. The molecule has 3 N–H and O–H groups in total. The van der Waals surface area contributed by atoms with Gasteiger partial charge in [0.25, 0.3) is 0 Å². The molecule has 7 heteroatoms. The number of hydrogen-bond acceptors (Lipinski definition) is 6. The van der Waals surface area contributed by atoms with E-state index in [-0.39, 0.29) is 5.91 Å². The van der Waals surface area contributed by atoms with Gasteiger partial charge in [0.1, 0.15) is 5.01 Å². The number of aromatic nitrogens is 2. The van der Waals surface area contributed by atoms with Gasteiger partial charge in [0.05, 0.1) is 11.3 Å². The highest BCUT2D eigenvalue weighted by molar-refractivity contribution is 8.00. The summed E-state index contributed by atoms with van der Waals surface area (Å²) in [7, 11) is 0. The number of thioether (sulfide) groups is 1. The molecule has 1 aromatic carbocycles. The average molecular weight is 308 g/mol. The fourth-order valence-corrected chi connectivity index (χ4v) is 2.85. The lowest BCUT2D eigenvalue weighted by Crippen LogP contribution is -2.28. The molecule has 5 nitrogen and oxygen atoms in total. The Hall–Kier alpha value is -1.44. The quantitative estimate of drug-likeness (QED) is 0.829. The number of hydrogen-bond donors (Lipinski definition) is 2. The summed E-state index contributed by atoms with van der Waals surface area (Å²) in [6.07, 6.45) is 0. The van der Waals surface area contributed by atoms with Gasteiger partial charge >= 0.3 is 0 Å². The highest BCUT2D eigenvalue weighted by Gasteiger charge is 2.20. The van der Waals surface area contributed by atoms with E-state index in [0.717, 1.165) is 4.90 Å². The van der Waals surface area contributed by atoms with Crippen LogP contribution in [0.2, 0.25) is 0 Å². The van der Waals surface area contributed by atoms with Gasteiger partial charge < -0.3 is 5.73 Å². The van der Waals surface area contributed by atoms with E-state index in [0.29, 0.717) is 15.9 Å². The molecule has 20 heavy (non-hydrogen) atoms. The third kappa shape index (κ3) is 4.29. The predicted octanol–water partition coefficient (Wildman–Crippen LogP) is 2.46. The van der Waals surface area contributed by atoms with Crippen molar-refractivity contribution >= 4 is 34.1 Å². The maximum atomic E-state index is 11.8. The summed E-state index contributed by atoms with van der Waals surface area (Å²) in [5.41, 5.74) is 5.38. The predicted molar refractivity (Wildman–Crippen MR) is 82.9 cm³/mol. The minimum atomic E-state index is -0.542. The molecule has 0 saturated carbocycles. The number of anilines is 1. The van der Waals surface area contributed by atoms with Gasteiger partial charge in [0.15, 0.2) is 0 Å². The summed E-state index contributed by atoms with van der Waals surface area (Å²) in [4.78, 5) is 12.9. The molecule has 106 valence electrons. The first kappa shape index (κ1) is 15.0. The van der Waals surface area contributed by atoms with E-state index < -0.39 is 5.54 Å². The van der Waals surface area contributed by atoms with E-state index in [9.17, 15) is 4.79 Å². The number of nitrogens with one attached hydrogen (secondary N) is 1. The van der Waals surface area contributed by atoms with Crippen LogP contribution in [0.4, 0.5) is 5.13 Å². The molecule has 0 aliphatic carbocycles. The van der Waals surface area contributed by atoms with Crippen molar-refractivity contribution in [3.05, 3.63) is 35.3 Å². The molecular weight excluding hydrogens is 292 g/mol. The van der Waals surface area contributed by atoms with Crippen LogP contribution in [0.1, 0.15) is 18.9 Å². The van der Waals surface area contributed by atoms with Crippen LogP contribution in [-0.2, 0) is 10.3 Å². The molecular formula is C13H16N4OS2. The van der Waals surface area contributed by atoms with Gasteiger partial charge in [-0.2, -0.15) is 0 Å². The second-order valence-electron chi connectivity index (χ2n) is 4.78. The van der Waals surface area contributed by atoms with Crippen LogP contribution in [0.3, 0.4) is 0 Å². The monoisotopic (exact) mass is 308 g/mol. The van der Waals surface area contributed by atoms with Crippen molar-refractivity contribution in [2.24, 2.45) is 5.73 Å². The highest BCUT2D eigenvalue weighted by Crippen LogP contribution is 2.24. The average Bonchev–Trinajstić information content (AvgIpc) is 2.86. The molecule has 2 rings (SSSR count). The maximum Gasteiger partial charge on any atom is 0.236 e. The second-order valence-corrected chi connectivity index (χ2v) is 6.81. The molecule has 0 saturated heterocycles. The normalized spacial score (nSPS) is 11.3. The van der Waals surface area contributed by atoms with Crippen LogP contribution in [-0.4, -0.2) is 21.9 Å². The molecule has 0 fully saturated rings. The number of carbonyl (C=O) groups excluding carboxylic acids is 1. The Kier molecular flexibility index (Phi) is 4.74. The van der Waals surface area contributed by atoms with Crippen molar-refractivity contribution in [2.75, 3.05) is 11.1 Å². The molecule has 0 aliphatic heterocycles. The Labute approximate surface area is 126 Å². The van der Waals surface area contributed by atoms with Crippen molar-refractivity contribution in [2.45, 2.75) is 24.3 Å². The van der Waals surface area contributed by atoms with Crippen molar-refractivity contribution in [3.63, 3.8) is 0 Å². The number of benzene rings is 1. The van der Waals surface area contributed by atoms with Gasteiger partial charge in [0, 0.05) is 4.90 Å². The third-order valence-corrected chi connectivity index (χ3v) is 4.53. The van der Waals surface area contributed by atoms with E-state index in [1.807, 2.05) is 44.2 Å². The Balaban J connectivity index is 1.87. The van der Waals surface area contributed by atoms with Crippen molar-refractivity contribution < 1.29 is 4.79 Å². The second kappa shape index (κ2) is 6.34. The first-order chi connectivity index (χ1) is 9.45. The van der Waals surface area contributed by atoms with E-state index in [2.05, 4.69) is 15.5 Å². The summed E-state index contributed by atoms with van der Waals surface area (Å²) < 4.78 is 0.